The SMILES string of the molecule is CCCCCCCC/C=C\CCCCCCCCO[P+](=O)OCCC(C)CCCC(C)CCCC(C)CCCC(C)C. The molecule has 0 aliphatic carbocycles. The number of unbranched alkanes of at least 4 members (excludes halogenated alkanes) is 12. The molecule has 0 rings (SSSR count). The van der Waals surface area contributed by atoms with E-state index < -0.39 is 8.25 Å². The Labute approximate surface area is 266 Å². The van der Waals surface area contributed by atoms with Gasteiger partial charge in [0.15, 0.2) is 0 Å². The van der Waals surface area contributed by atoms with Gasteiger partial charge in [-0.3, -0.25) is 0 Å². The van der Waals surface area contributed by atoms with E-state index >= 15 is 0 Å². The van der Waals surface area contributed by atoms with Crippen LogP contribution in [-0.4, -0.2) is 13.2 Å². The van der Waals surface area contributed by atoms with E-state index in [1.807, 2.05) is 0 Å². The first kappa shape index (κ1) is 41.8. The van der Waals surface area contributed by atoms with Crippen molar-refractivity contribution >= 4 is 8.25 Å². The lowest BCUT2D eigenvalue weighted by molar-refractivity contribution is 0.209. The van der Waals surface area contributed by atoms with Crippen LogP contribution in [0.4, 0.5) is 0 Å². The van der Waals surface area contributed by atoms with Gasteiger partial charge >= 0.3 is 8.25 Å². The fourth-order valence-electron chi connectivity index (χ4n) is 5.79. The van der Waals surface area contributed by atoms with Crippen molar-refractivity contribution in [2.24, 2.45) is 23.7 Å². The summed E-state index contributed by atoms with van der Waals surface area (Å²) >= 11 is 0. The quantitative estimate of drug-likeness (QED) is 0.0421. The van der Waals surface area contributed by atoms with Gasteiger partial charge in [0.05, 0.1) is 0 Å². The molecule has 0 aromatic rings. The summed E-state index contributed by atoms with van der Waals surface area (Å²) in [6, 6.07) is 0. The average Bonchev–Trinajstić information content (AvgIpc) is 2.94. The number of hydrogen-bond donors (Lipinski definition) is 0. The topological polar surface area (TPSA) is 35.5 Å². The molecule has 0 fully saturated rings. The third-order valence-corrected chi connectivity index (χ3v) is 9.71. The molecular formula is C38H76O3P+. The van der Waals surface area contributed by atoms with Crippen LogP contribution in [0.25, 0.3) is 0 Å². The third-order valence-electron chi connectivity index (χ3n) is 8.93. The minimum atomic E-state index is -1.96. The van der Waals surface area contributed by atoms with Crippen LogP contribution >= 0.6 is 8.25 Å². The average molecular weight is 612 g/mol. The molecule has 0 bridgehead atoms. The Hall–Kier alpha value is -0.240. The minimum Gasteiger partial charge on any atom is -0.119 e. The predicted octanol–water partition coefficient (Wildman–Crippen LogP) is 14.2. The molecule has 0 saturated heterocycles. The molecule has 0 radical (unpaired) electrons. The van der Waals surface area contributed by atoms with Crippen LogP contribution in [0.2, 0.25) is 0 Å². The predicted molar refractivity (Wildman–Crippen MR) is 187 cm³/mol. The molecule has 0 heterocycles. The second-order valence-corrected chi connectivity index (χ2v) is 15.1. The van der Waals surface area contributed by atoms with Gasteiger partial charge in [0.25, 0.3) is 0 Å². The van der Waals surface area contributed by atoms with Crippen molar-refractivity contribution in [1.82, 2.24) is 0 Å². The zero-order valence-electron chi connectivity index (χ0n) is 29.5. The Kier molecular flexibility index (Phi) is 32.0. The molecule has 4 heteroatoms. The van der Waals surface area contributed by atoms with E-state index in [9.17, 15) is 4.57 Å². The first-order valence-corrected chi connectivity index (χ1v) is 19.8. The van der Waals surface area contributed by atoms with Gasteiger partial charge in [0.2, 0.25) is 0 Å². The zero-order valence-corrected chi connectivity index (χ0v) is 30.4. The second-order valence-electron chi connectivity index (χ2n) is 14.1. The van der Waals surface area contributed by atoms with E-state index in [1.165, 1.54) is 135 Å². The van der Waals surface area contributed by atoms with Gasteiger partial charge in [0.1, 0.15) is 13.2 Å². The first-order valence-electron chi connectivity index (χ1n) is 18.7. The monoisotopic (exact) mass is 612 g/mol. The Morgan fingerprint density at radius 2 is 0.881 bits per heavy atom. The highest BCUT2D eigenvalue weighted by Gasteiger charge is 2.20. The van der Waals surface area contributed by atoms with Crippen LogP contribution in [0.3, 0.4) is 0 Å². The second kappa shape index (κ2) is 32.2. The highest BCUT2D eigenvalue weighted by Crippen LogP contribution is 2.27. The first-order chi connectivity index (χ1) is 20.3. The molecule has 4 unspecified atom stereocenters. The summed E-state index contributed by atoms with van der Waals surface area (Å²) in [5.41, 5.74) is 0. The van der Waals surface area contributed by atoms with Gasteiger partial charge in [-0.2, -0.15) is 0 Å². The van der Waals surface area contributed by atoms with Gasteiger partial charge in [-0.05, 0) is 62.2 Å². The molecule has 42 heavy (non-hydrogen) atoms. The highest BCUT2D eigenvalue weighted by molar-refractivity contribution is 7.33. The standard InChI is InChI=1S/C38H76O3P/c1-7-8-9-10-11-12-13-14-15-16-17-18-19-20-21-22-33-40-42(39)41-34-32-38(6)31-25-30-37(5)29-24-28-36(4)27-23-26-35(2)3/h14-15,35-38H,7-13,16-34H2,1-6H3/q+1/b15-14-. The molecule has 0 aromatic heterocycles. The Balaban J connectivity index is 3.46. The van der Waals surface area contributed by atoms with Gasteiger partial charge < -0.3 is 0 Å². The van der Waals surface area contributed by atoms with Crippen molar-refractivity contribution in [3.05, 3.63) is 12.2 Å². The van der Waals surface area contributed by atoms with Gasteiger partial charge in [0, 0.05) is 4.57 Å². The number of allylic oxidation sites excluding steroid dienone is 2. The van der Waals surface area contributed by atoms with Crippen LogP contribution < -0.4 is 0 Å². The van der Waals surface area contributed by atoms with Gasteiger partial charge in [-0.15, -0.1) is 9.05 Å². The summed E-state index contributed by atoms with van der Waals surface area (Å²) in [4.78, 5) is 0. The lowest BCUT2D eigenvalue weighted by Crippen LogP contribution is -2.03. The van der Waals surface area contributed by atoms with Crippen LogP contribution in [0, 0.1) is 23.7 Å². The molecule has 0 aliphatic heterocycles. The smallest absolute Gasteiger partial charge is 0.119 e. The normalized spacial score (nSPS) is 14.6. The third kappa shape index (κ3) is 32.7. The lowest BCUT2D eigenvalue weighted by Gasteiger charge is -2.16. The van der Waals surface area contributed by atoms with Crippen molar-refractivity contribution in [1.29, 1.82) is 0 Å². The fraction of sp³-hybridized carbons (Fsp3) is 0.947. The maximum Gasteiger partial charge on any atom is 0.697 e. The van der Waals surface area contributed by atoms with Gasteiger partial charge in [-0.1, -0.05) is 169 Å². The molecule has 0 aromatic carbocycles. The summed E-state index contributed by atoms with van der Waals surface area (Å²) < 4.78 is 22.9. The Morgan fingerprint density at radius 3 is 1.38 bits per heavy atom. The molecule has 3 nitrogen and oxygen atoms in total. The maximum atomic E-state index is 12.0. The van der Waals surface area contributed by atoms with Crippen molar-refractivity contribution in [3.63, 3.8) is 0 Å². The van der Waals surface area contributed by atoms with Crippen LogP contribution in [-0.2, 0) is 13.6 Å². The molecule has 250 valence electrons. The van der Waals surface area contributed by atoms with E-state index in [-0.39, 0.29) is 0 Å². The molecule has 0 amide bonds. The molecule has 0 spiro atoms. The molecule has 0 aliphatic rings. The lowest BCUT2D eigenvalue weighted by atomic mass is 9.91. The molecular weight excluding hydrogens is 535 g/mol. The van der Waals surface area contributed by atoms with Gasteiger partial charge in [-0.25, -0.2) is 0 Å². The summed E-state index contributed by atoms with van der Waals surface area (Å²) in [7, 11) is -1.96. The number of rotatable bonds is 33. The van der Waals surface area contributed by atoms with E-state index in [1.54, 1.807) is 0 Å². The summed E-state index contributed by atoms with van der Waals surface area (Å²) in [6.07, 6.45) is 36.1. The van der Waals surface area contributed by atoms with Crippen molar-refractivity contribution < 1.29 is 13.6 Å². The van der Waals surface area contributed by atoms with Crippen molar-refractivity contribution in [3.8, 4) is 0 Å². The van der Waals surface area contributed by atoms with E-state index in [4.69, 9.17) is 9.05 Å². The summed E-state index contributed by atoms with van der Waals surface area (Å²) in [6.45, 7) is 15.2. The maximum absolute atomic E-state index is 12.0. The molecule has 0 saturated carbocycles. The molecule has 0 N–H and O–H groups in total. The zero-order chi connectivity index (χ0) is 31.1. The van der Waals surface area contributed by atoms with Crippen LogP contribution in [0.5, 0.6) is 0 Å². The van der Waals surface area contributed by atoms with E-state index in [0.29, 0.717) is 19.1 Å². The summed E-state index contributed by atoms with van der Waals surface area (Å²) in [5.74, 6) is 3.19. The summed E-state index contributed by atoms with van der Waals surface area (Å²) in [5, 5.41) is 0. The number of hydrogen-bond acceptors (Lipinski definition) is 3. The minimum absolute atomic E-state index is 0.550. The highest BCUT2D eigenvalue weighted by atomic mass is 31.1. The van der Waals surface area contributed by atoms with Crippen LogP contribution in [0.15, 0.2) is 12.2 Å². The molecule has 4 atom stereocenters. The van der Waals surface area contributed by atoms with E-state index in [0.717, 1.165) is 37.0 Å². The van der Waals surface area contributed by atoms with Crippen molar-refractivity contribution in [2.75, 3.05) is 13.2 Å². The van der Waals surface area contributed by atoms with Crippen molar-refractivity contribution in [2.45, 2.75) is 196 Å². The Morgan fingerprint density at radius 1 is 0.476 bits per heavy atom. The Bertz CT molecular complexity index is 591. The van der Waals surface area contributed by atoms with E-state index in [2.05, 4.69) is 53.7 Å². The fourth-order valence-corrected chi connectivity index (χ4v) is 6.40. The largest absolute Gasteiger partial charge is 0.697 e. The van der Waals surface area contributed by atoms with Crippen LogP contribution in [0.1, 0.15) is 196 Å².